The molecule has 0 spiro atoms. The lowest BCUT2D eigenvalue weighted by atomic mass is 9.96. The summed E-state index contributed by atoms with van der Waals surface area (Å²) < 4.78 is 0. The van der Waals surface area contributed by atoms with Gasteiger partial charge in [-0.25, -0.2) is 0 Å². The number of hydrogen-bond donors (Lipinski definition) is 2. The number of likely N-dealkylation sites (tertiary alicyclic amines) is 1. The summed E-state index contributed by atoms with van der Waals surface area (Å²) in [7, 11) is 0. The molecule has 1 aliphatic heterocycles. The van der Waals surface area contributed by atoms with Crippen molar-refractivity contribution in [3.8, 4) is 0 Å². The highest BCUT2D eigenvalue weighted by Crippen LogP contribution is 2.17. The van der Waals surface area contributed by atoms with E-state index in [-0.39, 0.29) is 12.0 Å². The van der Waals surface area contributed by atoms with Crippen LogP contribution in [0.1, 0.15) is 45.4 Å². The third-order valence-electron chi connectivity index (χ3n) is 3.74. The SMILES string of the molecule is CCC(CCN)CCC(=O)N1CCC(O)CC1. The molecule has 0 radical (unpaired) electrons. The van der Waals surface area contributed by atoms with Gasteiger partial charge in [0.2, 0.25) is 5.91 Å². The van der Waals surface area contributed by atoms with E-state index < -0.39 is 0 Å². The highest BCUT2D eigenvalue weighted by Gasteiger charge is 2.21. The number of carbonyl (C=O) groups excluding carboxylic acids is 1. The molecule has 1 unspecified atom stereocenters. The summed E-state index contributed by atoms with van der Waals surface area (Å²) in [4.78, 5) is 13.8. The van der Waals surface area contributed by atoms with Crippen LogP contribution >= 0.6 is 0 Å². The molecule has 3 N–H and O–H groups in total. The molecule has 100 valence electrons. The number of carbonyl (C=O) groups is 1. The third-order valence-corrected chi connectivity index (χ3v) is 3.74. The smallest absolute Gasteiger partial charge is 0.222 e. The van der Waals surface area contributed by atoms with Crippen molar-refractivity contribution < 1.29 is 9.90 Å². The zero-order valence-corrected chi connectivity index (χ0v) is 10.9. The van der Waals surface area contributed by atoms with Crippen LogP contribution in [0.2, 0.25) is 0 Å². The zero-order chi connectivity index (χ0) is 12.7. The lowest BCUT2D eigenvalue weighted by Crippen LogP contribution is -2.40. The molecule has 4 nitrogen and oxygen atoms in total. The lowest BCUT2D eigenvalue weighted by Gasteiger charge is -2.30. The van der Waals surface area contributed by atoms with Crippen molar-refractivity contribution in [2.75, 3.05) is 19.6 Å². The van der Waals surface area contributed by atoms with Gasteiger partial charge in [0.1, 0.15) is 0 Å². The molecule has 17 heavy (non-hydrogen) atoms. The fourth-order valence-corrected chi connectivity index (χ4v) is 2.39. The third kappa shape index (κ3) is 5.04. The summed E-state index contributed by atoms with van der Waals surface area (Å²) in [5.41, 5.74) is 5.55. The van der Waals surface area contributed by atoms with Crippen LogP contribution in [0.3, 0.4) is 0 Å². The van der Waals surface area contributed by atoms with E-state index in [0.717, 1.165) is 32.1 Å². The predicted octanol–water partition coefficient (Wildman–Crippen LogP) is 1.12. The minimum Gasteiger partial charge on any atom is -0.393 e. The summed E-state index contributed by atoms with van der Waals surface area (Å²) in [5, 5.41) is 9.38. The second-order valence-corrected chi connectivity index (χ2v) is 5.00. The normalized spacial score (nSPS) is 19.4. The average Bonchev–Trinajstić information content (AvgIpc) is 2.35. The zero-order valence-electron chi connectivity index (χ0n) is 10.9. The van der Waals surface area contributed by atoms with Gasteiger partial charge in [0, 0.05) is 19.5 Å². The van der Waals surface area contributed by atoms with Gasteiger partial charge in [0.05, 0.1) is 6.10 Å². The van der Waals surface area contributed by atoms with Crippen LogP contribution in [0.5, 0.6) is 0 Å². The molecule has 1 rings (SSSR count). The first kappa shape index (κ1) is 14.5. The molecule has 1 heterocycles. The van der Waals surface area contributed by atoms with Crippen molar-refractivity contribution in [3.63, 3.8) is 0 Å². The number of rotatable bonds is 6. The van der Waals surface area contributed by atoms with Crippen molar-refractivity contribution >= 4 is 5.91 Å². The molecular weight excluding hydrogens is 216 g/mol. The van der Waals surface area contributed by atoms with E-state index in [9.17, 15) is 9.90 Å². The van der Waals surface area contributed by atoms with Gasteiger partial charge in [-0.05, 0) is 38.1 Å². The Labute approximate surface area is 104 Å². The first-order valence-corrected chi connectivity index (χ1v) is 6.83. The molecule has 0 aliphatic carbocycles. The number of hydrogen-bond acceptors (Lipinski definition) is 3. The van der Waals surface area contributed by atoms with Gasteiger partial charge in [-0.3, -0.25) is 4.79 Å². The van der Waals surface area contributed by atoms with E-state index >= 15 is 0 Å². The van der Waals surface area contributed by atoms with Crippen LogP contribution in [0.4, 0.5) is 0 Å². The van der Waals surface area contributed by atoms with E-state index in [1.54, 1.807) is 0 Å². The second-order valence-electron chi connectivity index (χ2n) is 5.00. The number of piperidine rings is 1. The van der Waals surface area contributed by atoms with Gasteiger partial charge >= 0.3 is 0 Å². The summed E-state index contributed by atoms with van der Waals surface area (Å²) in [5.74, 6) is 0.826. The Morgan fingerprint density at radius 2 is 2.06 bits per heavy atom. The van der Waals surface area contributed by atoms with Gasteiger partial charge in [-0.2, -0.15) is 0 Å². The first-order chi connectivity index (χ1) is 8.17. The van der Waals surface area contributed by atoms with Crippen LogP contribution in [0.25, 0.3) is 0 Å². The Balaban J connectivity index is 2.24. The quantitative estimate of drug-likeness (QED) is 0.733. The van der Waals surface area contributed by atoms with E-state index in [1.807, 2.05) is 4.90 Å². The Bertz CT molecular complexity index is 225. The van der Waals surface area contributed by atoms with Crippen molar-refractivity contribution in [1.29, 1.82) is 0 Å². The maximum Gasteiger partial charge on any atom is 0.222 e. The van der Waals surface area contributed by atoms with Gasteiger partial charge in [-0.15, -0.1) is 0 Å². The highest BCUT2D eigenvalue weighted by molar-refractivity contribution is 5.76. The lowest BCUT2D eigenvalue weighted by molar-refractivity contribution is -0.133. The van der Waals surface area contributed by atoms with Crippen LogP contribution in [-0.4, -0.2) is 41.7 Å². The minimum atomic E-state index is -0.209. The van der Waals surface area contributed by atoms with E-state index in [0.29, 0.717) is 32.0 Å². The number of nitrogens with two attached hydrogens (primary N) is 1. The summed E-state index contributed by atoms with van der Waals surface area (Å²) in [6.07, 6.45) is 4.95. The molecule has 0 saturated carbocycles. The van der Waals surface area contributed by atoms with Crippen LogP contribution in [-0.2, 0) is 4.79 Å². The Kier molecular flexibility index (Phi) is 6.52. The van der Waals surface area contributed by atoms with Crippen LogP contribution in [0, 0.1) is 5.92 Å². The number of aliphatic hydroxyl groups is 1. The van der Waals surface area contributed by atoms with Gasteiger partial charge < -0.3 is 15.7 Å². The molecule has 0 aromatic rings. The second kappa shape index (κ2) is 7.67. The van der Waals surface area contributed by atoms with Crippen molar-refractivity contribution in [3.05, 3.63) is 0 Å². The Hall–Kier alpha value is -0.610. The largest absolute Gasteiger partial charge is 0.393 e. The maximum absolute atomic E-state index is 11.9. The predicted molar refractivity (Wildman–Crippen MR) is 68.5 cm³/mol. The number of amides is 1. The molecule has 1 atom stereocenters. The summed E-state index contributed by atoms with van der Waals surface area (Å²) >= 11 is 0. The van der Waals surface area contributed by atoms with Crippen LogP contribution < -0.4 is 5.73 Å². The molecular formula is C13H26N2O2. The van der Waals surface area contributed by atoms with E-state index in [1.165, 1.54) is 0 Å². The van der Waals surface area contributed by atoms with Gasteiger partial charge in [0.25, 0.3) is 0 Å². The topological polar surface area (TPSA) is 66.6 Å². The molecule has 1 aliphatic rings. The Morgan fingerprint density at radius 3 is 2.59 bits per heavy atom. The first-order valence-electron chi connectivity index (χ1n) is 6.83. The van der Waals surface area contributed by atoms with Crippen molar-refractivity contribution in [1.82, 2.24) is 4.90 Å². The maximum atomic E-state index is 11.9. The highest BCUT2D eigenvalue weighted by atomic mass is 16.3. The summed E-state index contributed by atoms with van der Waals surface area (Å²) in [6.45, 7) is 4.30. The molecule has 1 amide bonds. The standard InChI is InChI=1S/C13H26N2O2/c1-2-11(5-8-14)3-4-13(17)15-9-6-12(16)7-10-15/h11-12,16H,2-10,14H2,1H3. The van der Waals surface area contributed by atoms with E-state index in [4.69, 9.17) is 5.73 Å². The van der Waals surface area contributed by atoms with Gasteiger partial charge in [-0.1, -0.05) is 13.3 Å². The fraction of sp³-hybridized carbons (Fsp3) is 0.923. The average molecular weight is 242 g/mol. The van der Waals surface area contributed by atoms with Crippen molar-refractivity contribution in [2.24, 2.45) is 11.7 Å². The van der Waals surface area contributed by atoms with Crippen molar-refractivity contribution in [2.45, 2.75) is 51.6 Å². The molecule has 4 heteroatoms. The molecule has 0 bridgehead atoms. The monoisotopic (exact) mass is 242 g/mol. The van der Waals surface area contributed by atoms with Crippen LogP contribution in [0.15, 0.2) is 0 Å². The molecule has 0 aromatic heterocycles. The Morgan fingerprint density at radius 1 is 1.41 bits per heavy atom. The van der Waals surface area contributed by atoms with Gasteiger partial charge in [0.15, 0.2) is 0 Å². The fourth-order valence-electron chi connectivity index (χ4n) is 2.39. The number of nitrogens with zero attached hydrogens (tertiary/aromatic N) is 1. The molecule has 0 aromatic carbocycles. The molecule has 1 saturated heterocycles. The van der Waals surface area contributed by atoms with E-state index in [2.05, 4.69) is 6.92 Å². The molecule has 1 fully saturated rings. The number of aliphatic hydroxyl groups excluding tert-OH is 1. The minimum absolute atomic E-state index is 0.209. The summed E-state index contributed by atoms with van der Waals surface area (Å²) in [6, 6.07) is 0.